The van der Waals surface area contributed by atoms with E-state index in [9.17, 15) is 0 Å². The largest absolute Gasteiger partial charge is 0.385 e. The fourth-order valence-corrected chi connectivity index (χ4v) is 2.20. The molecule has 6 heteroatoms. The smallest absolute Gasteiger partial charge is 0.0834 e. The number of halogens is 1. The molecule has 0 aliphatic carbocycles. The highest BCUT2D eigenvalue weighted by molar-refractivity contribution is 6.31. The molecule has 0 saturated heterocycles. The summed E-state index contributed by atoms with van der Waals surface area (Å²) in [6.07, 6.45) is 3.63. The molecule has 0 aromatic carbocycles. The molecular formula is C12H22ClN3O2. The molecule has 18 heavy (non-hydrogen) atoms. The molecule has 0 fully saturated rings. The van der Waals surface area contributed by atoms with Gasteiger partial charge in [-0.1, -0.05) is 11.6 Å². The predicted molar refractivity (Wildman–Crippen MR) is 72.0 cm³/mol. The normalized spacial score (nSPS) is 12.9. The standard InChI is InChI=1S/C12H22ClN3O2/c1-14-11(5-4-7-17-2)12-10(13)9-15-16(12)6-8-18-3/h9,11,14H,4-8H2,1-3H3. The fraction of sp³-hybridized carbons (Fsp3) is 0.750. The number of methoxy groups -OCH3 is 2. The highest BCUT2D eigenvalue weighted by Gasteiger charge is 2.18. The van der Waals surface area contributed by atoms with Gasteiger partial charge in [-0.25, -0.2) is 0 Å². The Morgan fingerprint density at radius 2 is 2.11 bits per heavy atom. The molecule has 104 valence electrons. The maximum atomic E-state index is 6.21. The lowest BCUT2D eigenvalue weighted by atomic mass is 10.1. The molecule has 5 nitrogen and oxygen atoms in total. The third-order valence-electron chi connectivity index (χ3n) is 2.86. The third kappa shape index (κ3) is 4.24. The number of nitrogens with one attached hydrogen (secondary N) is 1. The van der Waals surface area contributed by atoms with Crippen LogP contribution >= 0.6 is 11.6 Å². The summed E-state index contributed by atoms with van der Waals surface area (Å²) in [7, 11) is 5.32. The van der Waals surface area contributed by atoms with Crippen LogP contribution in [0.15, 0.2) is 6.20 Å². The van der Waals surface area contributed by atoms with Gasteiger partial charge in [0.05, 0.1) is 36.1 Å². The van der Waals surface area contributed by atoms with Crippen molar-refractivity contribution in [2.75, 3.05) is 34.5 Å². The zero-order valence-electron chi connectivity index (χ0n) is 11.3. The summed E-state index contributed by atoms with van der Waals surface area (Å²) < 4.78 is 12.1. The minimum absolute atomic E-state index is 0.187. The third-order valence-corrected chi connectivity index (χ3v) is 3.15. The van der Waals surface area contributed by atoms with Gasteiger partial charge < -0.3 is 14.8 Å². The second-order valence-corrected chi connectivity index (χ2v) is 4.48. The first-order valence-corrected chi connectivity index (χ1v) is 6.48. The van der Waals surface area contributed by atoms with Gasteiger partial charge in [0.25, 0.3) is 0 Å². The first kappa shape index (κ1) is 15.4. The Morgan fingerprint density at radius 1 is 1.39 bits per heavy atom. The van der Waals surface area contributed by atoms with Crippen LogP contribution < -0.4 is 5.32 Å². The van der Waals surface area contributed by atoms with Crippen molar-refractivity contribution in [2.45, 2.75) is 25.4 Å². The van der Waals surface area contributed by atoms with E-state index in [2.05, 4.69) is 10.4 Å². The lowest BCUT2D eigenvalue weighted by molar-refractivity contribution is 0.179. The monoisotopic (exact) mass is 275 g/mol. The number of rotatable bonds is 9. The quantitative estimate of drug-likeness (QED) is 0.699. The topological polar surface area (TPSA) is 48.3 Å². The Balaban J connectivity index is 2.73. The molecule has 1 unspecified atom stereocenters. The van der Waals surface area contributed by atoms with Crippen molar-refractivity contribution in [3.8, 4) is 0 Å². The van der Waals surface area contributed by atoms with Crippen molar-refractivity contribution in [3.63, 3.8) is 0 Å². The van der Waals surface area contributed by atoms with E-state index in [1.807, 2.05) is 11.7 Å². The number of aromatic nitrogens is 2. The number of ether oxygens (including phenoxy) is 2. The minimum Gasteiger partial charge on any atom is -0.385 e. The van der Waals surface area contributed by atoms with Gasteiger partial charge in [0.15, 0.2) is 0 Å². The molecule has 1 aromatic heterocycles. The van der Waals surface area contributed by atoms with E-state index < -0.39 is 0 Å². The first-order chi connectivity index (χ1) is 8.74. The van der Waals surface area contributed by atoms with Gasteiger partial charge in [0.2, 0.25) is 0 Å². The molecule has 0 aliphatic heterocycles. The number of hydrogen-bond donors (Lipinski definition) is 1. The minimum atomic E-state index is 0.187. The van der Waals surface area contributed by atoms with Crippen LogP contribution in [0.25, 0.3) is 0 Å². The summed E-state index contributed by atoms with van der Waals surface area (Å²) >= 11 is 6.21. The van der Waals surface area contributed by atoms with Crippen LogP contribution in [0.2, 0.25) is 5.02 Å². The van der Waals surface area contributed by atoms with Crippen LogP contribution in [0.3, 0.4) is 0 Å². The van der Waals surface area contributed by atoms with Crippen molar-refractivity contribution in [2.24, 2.45) is 0 Å². The Morgan fingerprint density at radius 3 is 2.72 bits per heavy atom. The number of nitrogens with zero attached hydrogens (tertiary/aromatic N) is 2. The molecule has 1 heterocycles. The van der Waals surface area contributed by atoms with Gasteiger partial charge in [-0.3, -0.25) is 4.68 Å². The Kier molecular flexibility index (Phi) is 7.27. The molecule has 1 N–H and O–H groups in total. The van der Waals surface area contributed by atoms with Crippen LogP contribution in [0.4, 0.5) is 0 Å². The van der Waals surface area contributed by atoms with Gasteiger partial charge in [-0.15, -0.1) is 0 Å². The summed E-state index contributed by atoms with van der Waals surface area (Å²) in [5.74, 6) is 0. The van der Waals surface area contributed by atoms with Gasteiger partial charge in [0.1, 0.15) is 0 Å². The summed E-state index contributed by atoms with van der Waals surface area (Å²) in [5.41, 5.74) is 1.02. The van der Waals surface area contributed by atoms with E-state index in [0.717, 1.165) is 25.1 Å². The van der Waals surface area contributed by atoms with Crippen LogP contribution in [-0.2, 0) is 16.0 Å². The summed E-state index contributed by atoms with van der Waals surface area (Å²) in [6, 6.07) is 0.187. The Bertz CT molecular complexity index is 344. The molecule has 1 atom stereocenters. The predicted octanol–water partition coefficient (Wildman–Crippen LogP) is 1.87. The summed E-state index contributed by atoms with van der Waals surface area (Å²) in [5, 5.41) is 8.26. The van der Waals surface area contributed by atoms with E-state index in [1.165, 1.54) is 0 Å². The summed E-state index contributed by atoms with van der Waals surface area (Å²) in [4.78, 5) is 0. The zero-order valence-corrected chi connectivity index (χ0v) is 12.0. The van der Waals surface area contributed by atoms with E-state index in [1.54, 1.807) is 20.4 Å². The molecule has 0 radical (unpaired) electrons. The zero-order chi connectivity index (χ0) is 13.4. The van der Waals surface area contributed by atoms with Gasteiger partial charge in [-0.05, 0) is 19.9 Å². The molecule has 0 aliphatic rings. The molecule has 0 amide bonds. The van der Waals surface area contributed by atoms with Gasteiger partial charge >= 0.3 is 0 Å². The lowest BCUT2D eigenvalue weighted by Crippen LogP contribution is -2.22. The van der Waals surface area contributed by atoms with Crippen molar-refractivity contribution in [1.29, 1.82) is 0 Å². The molecule has 0 spiro atoms. The highest BCUT2D eigenvalue weighted by Crippen LogP contribution is 2.25. The molecular weight excluding hydrogens is 254 g/mol. The van der Waals surface area contributed by atoms with Crippen molar-refractivity contribution in [1.82, 2.24) is 15.1 Å². The van der Waals surface area contributed by atoms with E-state index in [4.69, 9.17) is 21.1 Å². The average Bonchev–Trinajstić information content (AvgIpc) is 2.74. The van der Waals surface area contributed by atoms with E-state index in [-0.39, 0.29) is 6.04 Å². The fourth-order valence-electron chi connectivity index (χ4n) is 1.92. The Labute approximate surface area is 113 Å². The highest BCUT2D eigenvalue weighted by atomic mass is 35.5. The SMILES string of the molecule is CNC(CCCOC)c1c(Cl)cnn1CCOC. The van der Waals surface area contributed by atoms with Crippen LogP contribution in [0, 0.1) is 0 Å². The average molecular weight is 276 g/mol. The molecule has 1 rings (SSSR count). The second-order valence-electron chi connectivity index (χ2n) is 4.07. The van der Waals surface area contributed by atoms with Crippen LogP contribution in [-0.4, -0.2) is 44.3 Å². The van der Waals surface area contributed by atoms with Crippen LogP contribution in [0.1, 0.15) is 24.6 Å². The second kappa shape index (κ2) is 8.48. The van der Waals surface area contributed by atoms with E-state index >= 15 is 0 Å². The molecule has 1 aromatic rings. The van der Waals surface area contributed by atoms with E-state index in [0.29, 0.717) is 18.2 Å². The first-order valence-electron chi connectivity index (χ1n) is 6.11. The van der Waals surface area contributed by atoms with Gasteiger partial charge in [0, 0.05) is 20.8 Å². The van der Waals surface area contributed by atoms with Crippen molar-refractivity contribution >= 4 is 11.6 Å². The number of hydrogen-bond acceptors (Lipinski definition) is 4. The van der Waals surface area contributed by atoms with Crippen molar-refractivity contribution in [3.05, 3.63) is 16.9 Å². The van der Waals surface area contributed by atoms with Crippen molar-refractivity contribution < 1.29 is 9.47 Å². The summed E-state index contributed by atoms with van der Waals surface area (Å²) in [6.45, 7) is 2.09. The maximum absolute atomic E-state index is 6.21. The van der Waals surface area contributed by atoms with Crippen LogP contribution in [0.5, 0.6) is 0 Å². The molecule has 0 saturated carbocycles. The lowest BCUT2D eigenvalue weighted by Gasteiger charge is -2.18. The Hall–Kier alpha value is -0.620. The van der Waals surface area contributed by atoms with Gasteiger partial charge in [-0.2, -0.15) is 5.10 Å². The molecule has 0 bridgehead atoms. The maximum Gasteiger partial charge on any atom is 0.0834 e.